The highest BCUT2D eigenvalue weighted by atomic mass is 32.2. The molecule has 2 heterocycles. The summed E-state index contributed by atoms with van der Waals surface area (Å²) < 4.78 is 38.5. The van der Waals surface area contributed by atoms with Crippen LogP contribution in [-0.2, 0) is 21.2 Å². The molecule has 0 saturated carbocycles. The summed E-state index contributed by atoms with van der Waals surface area (Å²) in [5, 5.41) is 10.3. The van der Waals surface area contributed by atoms with Crippen LogP contribution in [0.3, 0.4) is 0 Å². The Bertz CT molecular complexity index is 1220. The Morgan fingerprint density at radius 2 is 1.90 bits per heavy atom. The molecule has 1 aromatic heterocycles. The zero-order valence-corrected chi connectivity index (χ0v) is 18.1. The van der Waals surface area contributed by atoms with E-state index in [1.165, 1.54) is 12.1 Å². The van der Waals surface area contributed by atoms with Gasteiger partial charge in [-0.25, -0.2) is 13.1 Å². The smallest absolute Gasteiger partial charge is 0.240 e. The summed E-state index contributed by atoms with van der Waals surface area (Å²) in [5.74, 6) is 1.41. The second-order valence-electron chi connectivity index (χ2n) is 7.61. The third-order valence-corrected chi connectivity index (χ3v) is 6.33. The lowest BCUT2D eigenvalue weighted by Crippen LogP contribution is -2.30. The number of benzene rings is 2. The Kier molecular flexibility index (Phi) is 5.84. The predicted molar refractivity (Wildman–Crippen MR) is 116 cm³/mol. The van der Waals surface area contributed by atoms with Crippen LogP contribution in [0.25, 0.3) is 10.9 Å². The van der Waals surface area contributed by atoms with Gasteiger partial charge in [0.25, 0.3) is 0 Å². The highest BCUT2D eigenvalue weighted by molar-refractivity contribution is 7.89. The van der Waals surface area contributed by atoms with Crippen LogP contribution in [0.4, 0.5) is 5.82 Å². The van der Waals surface area contributed by atoms with E-state index >= 15 is 0 Å². The molecule has 1 aliphatic heterocycles. The Balaban J connectivity index is 1.49. The molecular formula is C21H24N4O5S. The highest BCUT2D eigenvalue weighted by Crippen LogP contribution is 2.31. The summed E-state index contributed by atoms with van der Waals surface area (Å²) in [4.78, 5) is 12.7. The molecule has 4 rings (SSSR count). The molecule has 9 nitrogen and oxygen atoms in total. The van der Waals surface area contributed by atoms with Crippen LogP contribution in [0.15, 0.2) is 41.3 Å². The predicted octanol–water partition coefficient (Wildman–Crippen LogP) is 2.59. The number of aromatic nitrogens is 2. The van der Waals surface area contributed by atoms with Crippen LogP contribution in [-0.4, -0.2) is 43.8 Å². The Morgan fingerprint density at radius 1 is 1.13 bits per heavy atom. The van der Waals surface area contributed by atoms with E-state index in [4.69, 9.17) is 9.47 Å². The van der Waals surface area contributed by atoms with Gasteiger partial charge in [0, 0.05) is 17.8 Å². The van der Waals surface area contributed by atoms with Gasteiger partial charge in [-0.05, 0) is 49.7 Å². The van der Waals surface area contributed by atoms with E-state index in [-0.39, 0.29) is 23.3 Å². The van der Waals surface area contributed by atoms with Crippen molar-refractivity contribution in [2.24, 2.45) is 0 Å². The SMILES string of the molecule is CC(C)NS(=O)(=O)c1ccc2c(NC(=O)Cc3ccc4c(c3)OCCCO4)n[nH]c2c1. The van der Waals surface area contributed by atoms with Crippen molar-refractivity contribution in [2.75, 3.05) is 18.5 Å². The van der Waals surface area contributed by atoms with Gasteiger partial charge in [-0.15, -0.1) is 0 Å². The molecule has 2 aromatic carbocycles. The minimum atomic E-state index is -3.62. The van der Waals surface area contributed by atoms with E-state index in [0.29, 0.717) is 41.4 Å². The standard InChI is InChI=1S/C21H24N4O5S/c1-13(2)25-31(27,28)15-5-6-16-17(12-15)23-24-21(16)22-20(26)11-14-4-7-18-19(10-14)30-9-3-8-29-18/h4-7,10,12-13,25H,3,8-9,11H2,1-2H3,(H2,22,23,24,26). The molecular weight excluding hydrogens is 420 g/mol. The maximum atomic E-state index is 12.6. The topological polar surface area (TPSA) is 122 Å². The lowest BCUT2D eigenvalue weighted by atomic mass is 10.1. The van der Waals surface area contributed by atoms with Gasteiger partial charge in [0.1, 0.15) is 0 Å². The molecule has 0 aliphatic carbocycles. The van der Waals surface area contributed by atoms with Crippen molar-refractivity contribution in [3.8, 4) is 11.5 Å². The number of sulfonamides is 1. The normalized spacial score (nSPS) is 13.9. The Labute approximate surface area is 180 Å². The zero-order chi connectivity index (χ0) is 22.0. The lowest BCUT2D eigenvalue weighted by molar-refractivity contribution is -0.115. The molecule has 164 valence electrons. The second-order valence-corrected chi connectivity index (χ2v) is 9.33. The highest BCUT2D eigenvalue weighted by Gasteiger charge is 2.18. The van der Waals surface area contributed by atoms with Gasteiger partial charge >= 0.3 is 0 Å². The molecule has 0 fully saturated rings. The first kappa shape index (κ1) is 21.1. The molecule has 0 saturated heterocycles. The molecule has 1 amide bonds. The van der Waals surface area contributed by atoms with Gasteiger partial charge in [0.2, 0.25) is 15.9 Å². The van der Waals surface area contributed by atoms with E-state index in [2.05, 4.69) is 20.2 Å². The van der Waals surface area contributed by atoms with Crippen molar-refractivity contribution in [1.29, 1.82) is 0 Å². The van der Waals surface area contributed by atoms with E-state index in [1.54, 1.807) is 26.0 Å². The number of rotatable bonds is 6. The first-order valence-electron chi connectivity index (χ1n) is 10.0. The van der Waals surface area contributed by atoms with Crippen LogP contribution in [0.1, 0.15) is 25.8 Å². The summed E-state index contributed by atoms with van der Waals surface area (Å²) in [7, 11) is -3.62. The fourth-order valence-corrected chi connectivity index (χ4v) is 4.60. The first-order valence-corrected chi connectivity index (χ1v) is 11.5. The van der Waals surface area contributed by atoms with Gasteiger partial charge in [0.05, 0.1) is 30.0 Å². The number of aromatic amines is 1. The fraction of sp³-hybridized carbons (Fsp3) is 0.333. The monoisotopic (exact) mass is 444 g/mol. The van der Waals surface area contributed by atoms with Crippen LogP contribution < -0.4 is 19.5 Å². The van der Waals surface area contributed by atoms with E-state index in [1.807, 2.05) is 12.1 Å². The summed E-state index contributed by atoms with van der Waals surface area (Å²) in [5.41, 5.74) is 1.30. The summed E-state index contributed by atoms with van der Waals surface area (Å²) in [6, 6.07) is 9.82. The molecule has 0 atom stereocenters. The number of fused-ring (bicyclic) bond motifs is 2. The van der Waals surface area contributed by atoms with Crippen molar-refractivity contribution in [3.63, 3.8) is 0 Å². The minimum absolute atomic E-state index is 0.127. The maximum Gasteiger partial charge on any atom is 0.240 e. The van der Waals surface area contributed by atoms with Crippen molar-refractivity contribution in [2.45, 2.75) is 37.6 Å². The van der Waals surface area contributed by atoms with Crippen molar-refractivity contribution < 1.29 is 22.7 Å². The molecule has 31 heavy (non-hydrogen) atoms. The molecule has 0 unspecified atom stereocenters. The average Bonchev–Trinajstić information content (AvgIpc) is 2.94. The number of ether oxygens (including phenoxy) is 2. The first-order chi connectivity index (χ1) is 14.8. The number of hydrogen-bond donors (Lipinski definition) is 3. The third kappa shape index (κ3) is 4.80. The Morgan fingerprint density at radius 3 is 2.68 bits per heavy atom. The molecule has 0 spiro atoms. The lowest BCUT2D eigenvalue weighted by Gasteiger charge is -2.10. The average molecular weight is 445 g/mol. The number of H-pyrrole nitrogens is 1. The fourth-order valence-electron chi connectivity index (χ4n) is 3.32. The number of hydrogen-bond acceptors (Lipinski definition) is 6. The molecule has 3 N–H and O–H groups in total. The third-order valence-electron chi connectivity index (χ3n) is 4.67. The van der Waals surface area contributed by atoms with E-state index < -0.39 is 10.0 Å². The number of nitrogens with zero attached hydrogens (tertiary/aromatic N) is 1. The minimum Gasteiger partial charge on any atom is -0.490 e. The number of nitrogens with one attached hydrogen (secondary N) is 3. The van der Waals surface area contributed by atoms with Crippen molar-refractivity contribution in [1.82, 2.24) is 14.9 Å². The number of anilines is 1. The number of carbonyl (C=O) groups excluding carboxylic acids is 1. The van der Waals surface area contributed by atoms with Crippen LogP contribution >= 0.6 is 0 Å². The van der Waals surface area contributed by atoms with Crippen LogP contribution in [0.5, 0.6) is 11.5 Å². The quantitative estimate of drug-likeness (QED) is 0.537. The van der Waals surface area contributed by atoms with Crippen molar-refractivity contribution in [3.05, 3.63) is 42.0 Å². The van der Waals surface area contributed by atoms with Gasteiger partial charge in [-0.3, -0.25) is 9.89 Å². The molecule has 3 aromatic rings. The zero-order valence-electron chi connectivity index (χ0n) is 17.3. The van der Waals surface area contributed by atoms with Gasteiger partial charge < -0.3 is 14.8 Å². The van der Waals surface area contributed by atoms with Gasteiger partial charge in [-0.1, -0.05) is 6.07 Å². The molecule has 0 radical (unpaired) electrons. The number of carbonyl (C=O) groups is 1. The van der Waals surface area contributed by atoms with E-state index in [0.717, 1.165) is 12.0 Å². The van der Waals surface area contributed by atoms with Gasteiger partial charge in [-0.2, -0.15) is 5.10 Å². The molecule has 10 heteroatoms. The molecule has 0 bridgehead atoms. The van der Waals surface area contributed by atoms with Gasteiger partial charge in [0.15, 0.2) is 17.3 Å². The molecule has 1 aliphatic rings. The van der Waals surface area contributed by atoms with Crippen LogP contribution in [0.2, 0.25) is 0 Å². The van der Waals surface area contributed by atoms with Crippen molar-refractivity contribution >= 4 is 32.7 Å². The Hall–Kier alpha value is -3.11. The van der Waals surface area contributed by atoms with Crippen LogP contribution in [0, 0.1) is 0 Å². The largest absolute Gasteiger partial charge is 0.490 e. The summed E-state index contributed by atoms with van der Waals surface area (Å²) >= 11 is 0. The summed E-state index contributed by atoms with van der Waals surface area (Å²) in [6.45, 7) is 4.69. The maximum absolute atomic E-state index is 12.6. The summed E-state index contributed by atoms with van der Waals surface area (Å²) in [6.07, 6.45) is 0.947. The van der Waals surface area contributed by atoms with E-state index in [9.17, 15) is 13.2 Å². The number of amides is 1. The second kappa shape index (κ2) is 8.56.